The van der Waals surface area contributed by atoms with E-state index in [-0.39, 0.29) is 70.7 Å². The molecule has 9 N–H and O–H groups in total. The molecule has 0 bridgehead atoms. The van der Waals surface area contributed by atoms with Crippen LogP contribution in [0.3, 0.4) is 0 Å². The molecule has 0 aromatic carbocycles. The number of nitrogens with one attached hydrogen (secondary N) is 5. The predicted molar refractivity (Wildman–Crippen MR) is 270 cm³/mol. The van der Waals surface area contributed by atoms with Crippen molar-refractivity contribution < 1.29 is 90.2 Å². The summed E-state index contributed by atoms with van der Waals surface area (Å²) in [4.78, 5) is 98.5. The average molecular weight is 1180 g/mol. The Morgan fingerprint density at radius 3 is 1.07 bits per heavy atom. The summed E-state index contributed by atoms with van der Waals surface area (Å²) >= 11 is 5.52. The van der Waals surface area contributed by atoms with Crippen LogP contribution in [-0.4, -0.2) is 145 Å². The number of rotatable bonds is 17. The van der Waals surface area contributed by atoms with Crippen molar-refractivity contribution in [1.29, 1.82) is 0 Å². The van der Waals surface area contributed by atoms with E-state index in [4.69, 9.17) is 58.5 Å². The molecular formula is C42H77ClF2N7O21P3. The Labute approximate surface area is 443 Å². The number of carbonyl (C=O) groups excluding carboxylic acids is 6. The molecule has 0 spiro atoms. The molecule has 14 atom stereocenters. The fourth-order valence-corrected chi connectivity index (χ4v) is 10.0. The highest BCUT2D eigenvalue weighted by Crippen LogP contribution is 2.46. The summed E-state index contributed by atoms with van der Waals surface area (Å²) in [7, 11) is -6.86. The Morgan fingerprint density at radius 1 is 0.605 bits per heavy atom. The molecule has 0 amide bonds. The third-order valence-electron chi connectivity index (χ3n) is 10.3. The highest BCUT2D eigenvalue weighted by Gasteiger charge is 2.58. The summed E-state index contributed by atoms with van der Waals surface area (Å²) < 4.78 is 87.8. The number of nitrogens with zero attached hydrogens (tertiary/aromatic N) is 2. The molecule has 4 heterocycles. The molecule has 34 heteroatoms. The van der Waals surface area contributed by atoms with Crippen LogP contribution in [0.1, 0.15) is 97.0 Å². The van der Waals surface area contributed by atoms with Gasteiger partial charge >= 0.3 is 29.8 Å². The van der Waals surface area contributed by atoms with E-state index in [2.05, 4.69) is 29.1 Å². The Hall–Kier alpha value is -4.10. The first-order valence-electron chi connectivity index (χ1n) is 21.4. The normalized spacial score (nSPS) is 25.6. The van der Waals surface area contributed by atoms with Gasteiger partial charge in [-0.15, -0.1) is 0 Å². The molecular weight excluding hydrogens is 1100 g/mol. The SMILES string of the molecule is C.C.C.CC(C)[C@H](C)NP(C)(=O)Cl.CC(C)[C@H](C)NP(C)(=O)OC[C@@]1(F)O[C@@H](n2ccc(=O)[nH]c2=O)[C@H](O)[C@@H]1O.CC(C)[C@H](C)NP(C)(=O)OC[C@@]1(F)O[C@@H](n2ccc(=O)[nH]c2=O)[C@H](O)[C@@H]1O.O=C=O.O=C=O.O=C=O. The molecule has 0 aliphatic carbocycles. The molecule has 0 radical (unpaired) electrons. The van der Waals surface area contributed by atoms with Crippen molar-refractivity contribution in [3.63, 3.8) is 0 Å². The van der Waals surface area contributed by atoms with Crippen LogP contribution >= 0.6 is 32.9 Å². The third-order valence-corrected chi connectivity index (χ3v) is 14.5. The zero-order valence-corrected chi connectivity index (χ0v) is 45.2. The van der Waals surface area contributed by atoms with Gasteiger partial charge in [-0.3, -0.25) is 47.5 Å². The maximum Gasteiger partial charge on any atom is 0.373 e. The van der Waals surface area contributed by atoms with Crippen molar-refractivity contribution >= 4 is 51.4 Å². The van der Waals surface area contributed by atoms with E-state index >= 15 is 8.78 Å². The number of alkyl halides is 2. The van der Waals surface area contributed by atoms with Gasteiger partial charge < -0.3 is 38.9 Å². The van der Waals surface area contributed by atoms with E-state index < -0.39 is 106 Å². The average Bonchev–Trinajstić information content (AvgIpc) is 3.62. The number of aromatic amines is 2. The summed E-state index contributed by atoms with van der Waals surface area (Å²) in [6.45, 7) is 16.9. The van der Waals surface area contributed by atoms with Crippen LogP contribution in [0.25, 0.3) is 0 Å². The van der Waals surface area contributed by atoms with Crippen LogP contribution in [0.4, 0.5) is 8.78 Å². The zero-order valence-electron chi connectivity index (χ0n) is 41.8. The molecule has 2 aromatic heterocycles. The van der Waals surface area contributed by atoms with Crippen molar-refractivity contribution in [3.05, 3.63) is 66.2 Å². The van der Waals surface area contributed by atoms with E-state index in [9.17, 15) is 53.3 Å². The van der Waals surface area contributed by atoms with Crippen molar-refractivity contribution in [2.45, 2.75) is 151 Å². The Bertz CT molecular complexity index is 2370. The lowest BCUT2D eigenvalue weighted by Gasteiger charge is -2.27. The second-order valence-corrected chi connectivity index (χ2v) is 25.5. The van der Waals surface area contributed by atoms with Crippen molar-refractivity contribution in [2.24, 2.45) is 17.8 Å². The first-order chi connectivity index (χ1) is 33.3. The molecule has 2 fully saturated rings. The molecule has 2 aliphatic heterocycles. The minimum absolute atomic E-state index is 0. The Kier molecular flexibility index (Phi) is 38.4. The van der Waals surface area contributed by atoms with Gasteiger partial charge in [0.2, 0.25) is 6.65 Å². The van der Waals surface area contributed by atoms with Crippen LogP contribution < -0.4 is 37.8 Å². The second-order valence-electron chi connectivity index (χ2n) is 17.3. The minimum Gasteiger partial charge on any atom is -0.385 e. The number of halogens is 3. The summed E-state index contributed by atoms with van der Waals surface area (Å²) in [6, 6.07) is 1.83. The summed E-state index contributed by atoms with van der Waals surface area (Å²) in [5.74, 6) is -5.06. The highest BCUT2D eigenvalue weighted by molar-refractivity contribution is 7.87. The van der Waals surface area contributed by atoms with Gasteiger partial charge in [0.05, 0.1) is 0 Å². The maximum absolute atomic E-state index is 15.0. The van der Waals surface area contributed by atoms with E-state index in [0.717, 1.165) is 33.7 Å². The smallest absolute Gasteiger partial charge is 0.373 e. The van der Waals surface area contributed by atoms with Gasteiger partial charge in [-0.1, -0.05) is 63.8 Å². The number of aromatic nitrogens is 4. The van der Waals surface area contributed by atoms with Gasteiger partial charge in [-0.25, -0.2) is 28.5 Å². The van der Waals surface area contributed by atoms with E-state index in [0.29, 0.717) is 5.92 Å². The van der Waals surface area contributed by atoms with Gasteiger partial charge in [-0.05, 0) is 49.8 Å². The summed E-state index contributed by atoms with van der Waals surface area (Å²) in [5.41, 5.74) is -3.26. The highest BCUT2D eigenvalue weighted by atomic mass is 35.7. The van der Waals surface area contributed by atoms with Crippen molar-refractivity contribution in [2.75, 3.05) is 33.2 Å². The maximum atomic E-state index is 15.0. The monoisotopic (exact) mass is 1180 g/mol. The molecule has 0 saturated carbocycles. The number of aliphatic hydroxyl groups is 4. The van der Waals surface area contributed by atoms with Crippen LogP contribution in [-0.2, 0) is 61.0 Å². The van der Waals surface area contributed by atoms with Crippen LogP contribution in [0, 0.1) is 17.8 Å². The number of hydrogen-bond acceptors (Lipinski definition) is 21. The molecule has 76 heavy (non-hydrogen) atoms. The first kappa shape index (κ1) is 80.8. The van der Waals surface area contributed by atoms with Gasteiger partial charge in [-0.2, -0.15) is 28.8 Å². The fraction of sp³-hybridized carbons (Fsp3) is 0.738. The number of hydrogen-bond donors (Lipinski definition) is 9. The lowest BCUT2D eigenvalue weighted by molar-refractivity contribution is -0.203. The first-order valence-corrected chi connectivity index (χ1v) is 28.6. The van der Waals surface area contributed by atoms with Gasteiger partial charge in [0.25, 0.3) is 37.9 Å². The lowest BCUT2D eigenvalue weighted by atomic mass is 10.1. The van der Waals surface area contributed by atoms with Gasteiger partial charge in [0.15, 0.2) is 12.5 Å². The summed E-state index contributed by atoms with van der Waals surface area (Å²) in [5, 5.41) is 48.6. The number of H-pyrrole nitrogens is 2. The van der Waals surface area contributed by atoms with Crippen LogP contribution in [0.15, 0.2) is 43.7 Å². The summed E-state index contributed by atoms with van der Waals surface area (Å²) in [6.07, 6.45) is -8.21. The minimum atomic E-state index is -3.43. The molecule has 28 nitrogen and oxygen atoms in total. The Morgan fingerprint density at radius 2 is 0.855 bits per heavy atom. The van der Waals surface area contributed by atoms with Crippen molar-refractivity contribution in [1.82, 2.24) is 34.4 Å². The molecule has 2 saturated heterocycles. The predicted octanol–water partition coefficient (Wildman–Crippen LogP) is 2.69. The van der Waals surface area contributed by atoms with Crippen LogP contribution in [0.5, 0.6) is 0 Å². The third kappa shape index (κ3) is 28.0. The number of aliphatic hydroxyl groups excluding tert-OH is 4. The fourth-order valence-electron chi connectivity index (χ4n) is 5.49. The quantitative estimate of drug-likeness (QED) is 0.103. The second kappa shape index (κ2) is 36.1. The van der Waals surface area contributed by atoms with E-state index in [1.54, 1.807) is 13.8 Å². The van der Waals surface area contributed by atoms with Gasteiger partial charge in [0.1, 0.15) is 37.6 Å². The lowest BCUT2D eigenvalue weighted by Crippen LogP contribution is -2.43. The largest absolute Gasteiger partial charge is 0.385 e. The van der Waals surface area contributed by atoms with Crippen LogP contribution in [0.2, 0.25) is 0 Å². The van der Waals surface area contributed by atoms with Gasteiger partial charge in [0, 0.05) is 62.6 Å². The molecule has 3 unspecified atom stereocenters. The van der Waals surface area contributed by atoms with E-state index in [1.165, 1.54) is 20.0 Å². The molecule has 2 aromatic rings. The molecule has 4 rings (SSSR count). The molecule has 2 aliphatic rings. The standard InChI is InChI=1S/2C15H25FN3O7P.C6H15ClNOP.3CO2.3CH4/c2*1-8(2)9(3)18-27(4,24)25-7-15(16)12(22)11(21)13(26-15)19-6-5-10(20)17-14(19)23;1-5(2)6(3)8-10(4,7)9;3*2-1-3;;;/h2*5-6,8-9,11-13,21-22H,7H2,1-4H3,(H,18,24)(H,17,20,23);5-6H,1-4H3,(H,8,9);;;;3*1H4/t2*9-,11+,12-,13+,15+,27?;6-,10?;;;;;;/m000....../s1. The topological polar surface area (TPSA) is 417 Å². The van der Waals surface area contributed by atoms with E-state index in [1.807, 2.05) is 44.6 Å². The Balaban J connectivity index is -0.000000322. The number of ether oxygens (including phenoxy) is 2. The van der Waals surface area contributed by atoms with Crippen molar-refractivity contribution in [3.8, 4) is 0 Å². The zero-order chi connectivity index (χ0) is 57.6. The molecule has 442 valence electrons.